The molecular weight excluding hydrogens is 248 g/mol. The summed E-state index contributed by atoms with van der Waals surface area (Å²) in [5, 5.41) is 0. The fraction of sp³-hybridized carbons (Fsp3) is 1.00. The van der Waals surface area contributed by atoms with Crippen molar-refractivity contribution in [2.24, 2.45) is 17.6 Å². The summed E-state index contributed by atoms with van der Waals surface area (Å²) in [5.74, 6) is 1.71. The normalized spacial score (nSPS) is 36.0. The average Bonchev–Trinajstić information content (AvgIpc) is 2.63. The molecule has 0 spiro atoms. The van der Waals surface area contributed by atoms with E-state index in [-0.39, 0.29) is 11.1 Å². The molecule has 3 nitrogen and oxygen atoms in total. The van der Waals surface area contributed by atoms with E-state index in [9.17, 15) is 0 Å². The molecule has 0 aromatic carbocycles. The number of nitrogens with two attached hydrogens (primary N) is 1. The first-order chi connectivity index (χ1) is 9.38. The molecule has 0 bridgehead atoms. The van der Waals surface area contributed by atoms with Gasteiger partial charge in [0.2, 0.25) is 0 Å². The van der Waals surface area contributed by atoms with Crippen LogP contribution in [-0.2, 0) is 4.74 Å². The molecule has 2 aliphatic rings. The van der Waals surface area contributed by atoms with E-state index < -0.39 is 0 Å². The summed E-state index contributed by atoms with van der Waals surface area (Å²) in [6, 6.07) is 0. The van der Waals surface area contributed by atoms with Crippen molar-refractivity contribution in [2.75, 3.05) is 26.2 Å². The van der Waals surface area contributed by atoms with Crippen molar-refractivity contribution >= 4 is 0 Å². The van der Waals surface area contributed by atoms with Crippen LogP contribution in [0.15, 0.2) is 0 Å². The van der Waals surface area contributed by atoms with Crippen LogP contribution in [0.4, 0.5) is 0 Å². The molecule has 0 aromatic heterocycles. The number of likely N-dealkylation sites (tertiary alicyclic amines) is 1. The molecule has 3 heteroatoms. The lowest BCUT2D eigenvalue weighted by Gasteiger charge is -2.50. The van der Waals surface area contributed by atoms with Gasteiger partial charge >= 0.3 is 0 Å². The molecule has 2 atom stereocenters. The molecule has 20 heavy (non-hydrogen) atoms. The highest BCUT2D eigenvalue weighted by atomic mass is 16.5. The Balaban J connectivity index is 2.07. The third-order valence-electron chi connectivity index (χ3n) is 5.58. The Labute approximate surface area is 125 Å². The molecule has 2 unspecified atom stereocenters. The third kappa shape index (κ3) is 3.55. The molecular formula is C17H34N2O. The summed E-state index contributed by atoms with van der Waals surface area (Å²) >= 11 is 0. The predicted molar refractivity (Wildman–Crippen MR) is 84.8 cm³/mol. The van der Waals surface area contributed by atoms with Crippen LogP contribution < -0.4 is 5.73 Å². The van der Waals surface area contributed by atoms with Crippen LogP contribution in [-0.4, -0.2) is 42.3 Å². The van der Waals surface area contributed by atoms with Gasteiger partial charge in [-0.3, -0.25) is 4.90 Å². The highest BCUT2D eigenvalue weighted by Gasteiger charge is 2.44. The Hall–Kier alpha value is -0.120. The molecule has 2 saturated heterocycles. The molecule has 2 N–H and O–H groups in total. The van der Waals surface area contributed by atoms with Crippen molar-refractivity contribution in [1.82, 2.24) is 4.90 Å². The van der Waals surface area contributed by atoms with E-state index in [1.165, 1.54) is 32.4 Å². The van der Waals surface area contributed by atoms with Crippen LogP contribution >= 0.6 is 0 Å². The van der Waals surface area contributed by atoms with Crippen LogP contribution in [0, 0.1) is 11.8 Å². The van der Waals surface area contributed by atoms with Crippen molar-refractivity contribution < 1.29 is 4.74 Å². The van der Waals surface area contributed by atoms with E-state index in [1.807, 2.05) is 0 Å². The van der Waals surface area contributed by atoms with E-state index in [1.54, 1.807) is 0 Å². The molecule has 0 aliphatic carbocycles. The van der Waals surface area contributed by atoms with Gasteiger partial charge in [-0.1, -0.05) is 13.8 Å². The van der Waals surface area contributed by atoms with E-state index in [0.717, 1.165) is 37.8 Å². The molecule has 2 aliphatic heterocycles. The van der Waals surface area contributed by atoms with E-state index in [2.05, 4.69) is 32.6 Å². The highest BCUT2D eigenvalue weighted by molar-refractivity contribution is 5.00. The molecule has 118 valence electrons. The van der Waals surface area contributed by atoms with Crippen LogP contribution in [0.1, 0.15) is 59.8 Å². The fourth-order valence-electron chi connectivity index (χ4n) is 4.29. The minimum Gasteiger partial charge on any atom is -0.375 e. The molecule has 0 radical (unpaired) electrons. The Morgan fingerprint density at radius 2 is 2.00 bits per heavy atom. The fourth-order valence-corrected chi connectivity index (χ4v) is 4.29. The molecule has 0 aromatic rings. The van der Waals surface area contributed by atoms with E-state index >= 15 is 0 Å². The summed E-state index contributed by atoms with van der Waals surface area (Å²) < 4.78 is 5.92. The van der Waals surface area contributed by atoms with Crippen LogP contribution in [0.25, 0.3) is 0 Å². The Bertz CT molecular complexity index is 316. The predicted octanol–water partition coefficient (Wildman–Crippen LogP) is 3.03. The first-order valence-electron chi connectivity index (χ1n) is 8.48. The SMILES string of the molecule is CC(C)C1CCCN(C2(CN)CCOC(C)(C)C2)CC1. The van der Waals surface area contributed by atoms with Gasteiger partial charge < -0.3 is 10.5 Å². The van der Waals surface area contributed by atoms with Crippen molar-refractivity contribution in [3.05, 3.63) is 0 Å². The Morgan fingerprint density at radius 3 is 2.60 bits per heavy atom. The Kier molecular flexibility index (Phi) is 5.14. The van der Waals surface area contributed by atoms with Crippen molar-refractivity contribution in [3.8, 4) is 0 Å². The van der Waals surface area contributed by atoms with Crippen molar-refractivity contribution in [3.63, 3.8) is 0 Å². The van der Waals surface area contributed by atoms with Gasteiger partial charge in [-0.05, 0) is 70.9 Å². The van der Waals surface area contributed by atoms with Gasteiger partial charge in [-0.2, -0.15) is 0 Å². The summed E-state index contributed by atoms with van der Waals surface area (Å²) in [6.45, 7) is 13.2. The van der Waals surface area contributed by atoms with Gasteiger partial charge in [0.05, 0.1) is 5.60 Å². The van der Waals surface area contributed by atoms with E-state index in [4.69, 9.17) is 10.5 Å². The van der Waals surface area contributed by atoms with Crippen molar-refractivity contribution in [2.45, 2.75) is 70.9 Å². The maximum absolute atomic E-state index is 6.24. The number of hydrogen-bond acceptors (Lipinski definition) is 3. The van der Waals surface area contributed by atoms with Crippen molar-refractivity contribution in [1.29, 1.82) is 0 Å². The number of ether oxygens (including phenoxy) is 1. The van der Waals surface area contributed by atoms with Gasteiger partial charge in [-0.25, -0.2) is 0 Å². The molecule has 0 amide bonds. The maximum Gasteiger partial charge on any atom is 0.0644 e. The van der Waals surface area contributed by atoms with Gasteiger partial charge in [0, 0.05) is 18.7 Å². The quantitative estimate of drug-likeness (QED) is 0.864. The van der Waals surface area contributed by atoms with Gasteiger partial charge in [-0.15, -0.1) is 0 Å². The monoisotopic (exact) mass is 282 g/mol. The zero-order valence-electron chi connectivity index (χ0n) is 14.0. The molecule has 2 fully saturated rings. The number of rotatable bonds is 3. The summed E-state index contributed by atoms with van der Waals surface area (Å²) in [5.41, 5.74) is 6.39. The lowest BCUT2D eigenvalue weighted by molar-refractivity contribution is -0.117. The lowest BCUT2D eigenvalue weighted by Crippen LogP contribution is -2.60. The van der Waals surface area contributed by atoms with Gasteiger partial charge in [0.25, 0.3) is 0 Å². The summed E-state index contributed by atoms with van der Waals surface area (Å²) in [6.07, 6.45) is 6.21. The first-order valence-corrected chi connectivity index (χ1v) is 8.48. The van der Waals surface area contributed by atoms with Gasteiger partial charge in [0.1, 0.15) is 0 Å². The van der Waals surface area contributed by atoms with Crippen LogP contribution in [0.3, 0.4) is 0 Å². The second-order valence-electron chi connectivity index (χ2n) is 7.89. The van der Waals surface area contributed by atoms with Crippen LogP contribution in [0.2, 0.25) is 0 Å². The smallest absolute Gasteiger partial charge is 0.0644 e. The molecule has 0 saturated carbocycles. The number of nitrogens with zero attached hydrogens (tertiary/aromatic N) is 1. The molecule has 2 heterocycles. The maximum atomic E-state index is 6.24. The summed E-state index contributed by atoms with van der Waals surface area (Å²) in [7, 11) is 0. The van der Waals surface area contributed by atoms with Crippen LogP contribution in [0.5, 0.6) is 0 Å². The second kappa shape index (κ2) is 6.33. The lowest BCUT2D eigenvalue weighted by atomic mass is 9.79. The average molecular weight is 282 g/mol. The number of hydrogen-bond donors (Lipinski definition) is 1. The largest absolute Gasteiger partial charge is 0.375 e. The molecule has 2 rings (SSSR count). The zero-order chi connectivity index (χ0) is 14.8. The first kappa shape index (κ1) is 16.3. The van der Waals surface area contributed by atoms with E-state index in [0.29, 0.717) is 0 Å². The minimum atomic E-state index is -0.0264. The highest BCUT2D eigenvalue weighted by Crippen LogP contribution is 2.38. The summed E-state index contributed by atoms with van der Waals surface area (Å²) in [4.78, 5) is 2.71. The van der Waals surface area contributed by atoms with Gasteiger partial charge in [0.15, 0.2) is 0 Å². The standard InChI is InChI=1S/C17H34N2O/c1-14(2)15-6-5-9-19(10-7-15)17(13-18)8-11-20-16(3,4)12-17/h14-15H,5-13,18H2,1-4H3. The second-order valence-corrected chi connectivity index (χ2v) is 7.89. The zero-order valence-corrected chi connectivity index (χ0v) is 14.0. The minimum absolute atomic E-state index is 0.0264. The topological polar surface area (TPSA) is 38.5 Å². The Morgan fingerprint density at radius 1 is 1.25 bits per heavy atom. The third-order valence-corrected chi connectivity index (χ3v) is 5.58.